The van der Waals surface area contributed by atoms with E-state index in [9.17, 15) is 0 Å². The molecule has 18 heavy (non-hydrogen) atoms. The second-order valence-electron chi connectivity index (χ2n) is 3.75. The van der Waals surface area contributed by atoms with Crippen molar-refractivity contribution >= 4 is 17.3 Å². The zero-order valence-electron chi connectivity index (χ0n) is 9.56. The van der Waals surface area contributed by atoms with Crippen molar-refractivity contribution in [3.63, 3.8) is 0 Å². The fraction of sp³-hybridized carbons (Fsp3) is 0.0714. The SMILES string of the molecule is N#CCc1cc(Oc2ccc(Cl)cc2)ccc1N. The van der Waals surface area contributed by atoms with Crippen LogP contribution in [0.15, 0.2) is 42.5 Å². The van der Waals surface area contributed by atoms with Crippen molar-refractivity contribution in [2.75, 3.05) is 5.73 Å². The summed E-state index contributed by atoms with van der Waals surface area (Å²) >= 11 is 5.79. The lowest BCUT2D eigenvalue weighted by atomic mass is 10.1. The highest BCUT2D eigenvalue weighted by atomic mass is 35.5. The minimum Gasteiger partial charge on any atom is -0.457 e. The highest BCUT2D eigenvalue weighted by Crippen LogP contribution is 2.26. The number of nitriles is 1. The molecule has 2 aromatic carbocycles. The van der Waals surface area contributed by atoms with Crippen LogP contribution >= 0.6 is 11.6 Å². The van der Waals surface area contributed by atoms with Gasteiger partial charge in [-0.05, 0) is 48.0 Å². The fourth-order valence-electron chi connectivity index (χ4n) is 1.52. The van der Waals surface area contributed by atoms with Gasteiger partial charge in [-0.25, -0.2) is 0 Å². The number of nitrogen functional groups attached to an aromatic ring is 1. The van der Waals surface area contributed by atoms with Gasteiger partial charge in [0, 0.05) is 10.7 Å². The molecule has 0 saturated heterocycles. The molecule has 0 atom stereocenters. The van der Waals surface area contributed by atoms with Crippen molar-refractivity contribution in [1.82, 2.24) is 0 Å². The molecule has 0 saturated carbocycles. The van der Waals surface area contributed by atoms with Crippen molar-refractivity contribution in [3.8, 4) is 17.6 Å². The van der Waals surface area contributed by atoms with Crippen molar-refractivity contribution in [2.24, 2.45) is 0 Å². The summed E-state index contributed by atoms with van der Waals surface area (Å²) in [6, 6.07) is 14.4. The predicted molar refractivity (Wildman–Crippen MR) is 71.7 cm³/mol. The van der Waals surface area contributed by atoms with Crippen molar-refractivity contribution in [2.45, 2.75) is 6.42 Å². The van der Waals surface area contributed by atoms with Gasteiger partial charge in [-0.3, -0.25) is 0 Å². The Morgan fingerprint density at radius 3 is 2.44 bits per heavy atom. The van der Waals surface area contributed by atoms with Gasteiger partial charge in [-0.2, -0.15) is 5.26 Å². The summed E-state index contributed by atoms with van der Waals surface area (Å²) in [6.45, 7) is 0. The van der Waals surface area contributed by atoms with Gasteiger partial charge in [0.15, 0.2) is 0 Å². The van der Waals surface area contributed by atoms with Gasteiger partial charge in [0.2, 0.25) is 0 Å². The fourth-order valence-corrected chi connectivity index (χ4v) is 1.65. The molecule has 0 spiro atoms. The first-order valence-corrected chi connectivity index (χ1v) is 5.75. The third kappa shape index (κ3) is 2.93. The Hall–Kier alpha value is -2.18. The zero-order valence-corrected chi connectivity index (χ0v) is 10.3. The molecule has 0 aliphatic carbocycles. The Morgan fingerprint density at radius 2 is 1.78 bits per heavy atom. The van der Waals surface area contributed by atoms with Crippen LogP contribution in [0, 0.1) is 11.3 Å². The monoisotopic (exact) mass is 258 g/mol. The van der Waals surface area contributed by atoms with Gasteiger partial charge >= 0.3 is 0 Å². The van der Waals surface area contributed by atoms with E-state index >= 15 is 0 Å². The molecule has 0 unspecified atom stereocenters. The van der Waals surface area contributed by atoms with Crippen molar-refractivity contribution in [3.05, 3.63) is 53.1 Å². The van der Waals surface area contributed by atoms with E-state index in [1.54, 1.807) is 42.5 Å². The third-order valence-electron chi connectivity index (χ3n) is 2.43. The Balaban J connectivity index is 2.22. The topological polar surface area (TPSA) is 59.0 Å². The minimum atomic E-state index is 0.268. The van der Waals surface area contributed by atoms with Gasteiger partial charge in [-0.15, -0.1) is 0 Å². The number of anilines is 1. The Morgan fingerprint density at radius 1 is 1.11 bits per heavy atom. The first kappa shape index (κ1) is 12.3. The Kier molecular flexibility index (Phi) is 3.71. The van der Waals surface area contributed by atoms with E-state index in [4.69, 9.17) is 27.3 Å². The lowest BCUT2D eigenvalue weighted by molar-refractivity contribution is 0.482. The normalized spacial score (nSPS) is 9.78. The summed E-state index contributed by atoms with van der Waals surface area (Å²) in [5, 5.41) is 9.35. The van der Waals surface area contributed by atoms with Crippen LogP contribution in [-0.4, -0.2) is 0 Å². The smallest absolute Gasteiger partial charge is 0.127 e. The lowest BCUT2D eigenvalue weighted by Gasteiger charge is -2.08. The summed E-state index contributed by atoms with van der Waals surface area (Å²) in [7, 11) is 0. The summed E-state index contributed by atoms with van der Waals surface area (Å²) in [4.78, 5) is 0. The highest BCUT2D eigenvalue weighted by Gasteiger charge is 2.03. The third-order valence-corrected chi connectivity index (χ3v) is 2.69. The van der Waals surface area contributed by atoms with E-state index < -0.39 is 0 Å². The van der Waals surface area contributed by atoms with Gasteiger partial charge < -0.3 is 10.5 Å². The van der Waals surface area contributed by atoms with Crippen molar-refractivity contribution in [1.29, 1.82) is 5.26 Å². The van der Waals surface area contributed by atoms with E-state index in [2.05, 4.69) is 6.07 Å². The quantitative estimate of drug-likeness (QED) is 0.853. The van der Waals surface area contributed by atoms with Crippen LogP contribution in [0.1, 0.15) is 5.56 Å². The van der Waals surface area contributed by atoms with E-state index in [1.807, 2.05) is 0 Å². The van der Waals surface area contributed by atoms with Crippen LogP contribution in [0.5, 0.6) is 11.5 Å². The Labute approximate surface area is 110 Å². The molecule has 0 bridgehead atoms. The molecular formula is C14H11ClN2O. The van der Waals surface area contributed by atoms with E-state index in [1.165, 1.54) is 0 Å². The molecule has 0 aliphatic rings. The molecule has 90 valence electrons. The summed E-state index contributed by atoms with van der Waals surface area (Å²) in [6.07, 6.45) is 0.268. The van der Waals surface area contributed by atoms with Gasteiger partial charge in [-0.1, -0.05) is 11.6 Å². The number of ether oxygens (including phenoxy) is 1. The van der Waals surface area contributed by atoms with Gasteiger partial charge in [0.05, 0.1) is 12.5 Å². The van der Waals surface area contributed by atoms with Crippen LogP contribution in [0.3, 0.4) is 0 Å². The first-order valence-electron chi connectivity index (χ1n) is 5.38. The lowest BCUT2D eigenvalue weighted by Crippen LogP contribution is -1.94. The van der Waals surface area contributed by atoms with E-state index in [-0.39, 0.29) is 6.42 Å². The molecule has 3 nitrogen and oxygen atoms in total. The molecule has 4 heteroatoms. The molecule has 0 radical (unpaired) electrons. The summed E-state index contributed by atoms with van der Waals surface area (Å²) < 4.78 is 5.65. The molecule has 2 rings (SSSR count). The number of rotatable bonds is 3. The largest absolute Gasteiger partial charge is 0.457 e. The number of hydrogen-bond donors (Lipinski definition) is 1. The standard InChI is InChI=1S/C14H11ClN2O/c15-11-1-3-12(4-2-11)18-13-5-6-14(17)10(9-13)7-8-16/h1-6,9H,7,17H2. The highest BCUT2D eigenvalue weighted by molar-refractivity contribution is 6.30. The molecule has 0 fully saturated rings. The second kappa shape index (κ2) is 5.44. The number of nitrogens with two attached hydrogens (primary N) is 1. The predicted octanol–water partition coefficient (Wildman–Crippen LogP) is 3.78. The number of nitrogens with zero attached hydrogens (tertiary/aromatic N) is 1. The zero-order chi connectivity index (χ0) is 13.0. The van der Waals surface area contributed by atoms with Crippen LogP contribution in [0.25, 0.3) is 0 Å². The molecule has 0 aliphatic heterocycles. The van der Waals surface area contributed by atoms with E-state index in [0.29, 0.717) is 22.2 Å². The molecule has 0 aromatic heterocycles. The van der Waals surface area contributed by atoms with Crippen LogP contribution in [0.2, 0.25) is 5.02 Å². The van der Waals surface area contributed by atoms with Crippen LogP contribution < -0.4 is 10.5 Å². The summed E-state index contributed by atoms with van der Waals surface area (Å²) in [5.41, 5.74) is 7.13. The Bertz CT molecular complexity index is 588. The minimum absolute atomic E-state index is 0.268. The van der Waals surface area contributed by atoms with Crippen LogP contribution in [0.4, 0.5) is 5.69 Å². The van der Waals surface area contributed by atoms with Crippen molar-refractivity contribution < 1.29 is 4.74 Å². The number of hydrogen-bond acceptors (Lipinski definition) is 3. The maximum Gasteiger partial charge on any atom is 0.127 e. The number of benzene rings is 2. The molecular weight excluding hydrogens is 248 g/mol. The average Bonchev–Trinajstić information content (AvgIpc) is 2.37. The maximum atomic E-state index is 8.69. The van der Waals surface area contributed by atoms with Gasteiger partial charge in [0.1, 0.15) is 11.5 Å². The second-order valence-corrected chi connectivity index (χ2v) is 4.19. The van der Waals surface area contributed by atoms with Gasteiger partial charge in [0.25, 0.3) is 0 Å². The maximum absolute atomic E-state index is 8.69. The summed E-state index contributed by atoms with van der Waals surface area (Å²) in [5.74, 6) is 1.34. The number of halogens is 1. The van der Waals surface area contributed by atoms with Crippen LogP contribution in [-0.2, 0) is 6.42 Å². The molecule has 0 heterocycles. The van der Waals surface area contributed by atoms with E-state index in [0.717, 1.165) is 5.56 Å². The molecule has 2 N–H and O–H groups in total. The average molecular weight is 259 g/mol. The molecule has 2 aromatic rings. The first-order chi connectivity index (χ1) is 8.69. The molecule has 0 amide bonds.